The first kappa shape index (κ1) is 18.6. The van der Waals surface area contributed by atoms with Crippen molar-refractivity contribution < 1.29 is 9.53 Å². The van der Waals surface area contributed by atoms with Crippen molar-refractivity contribution in [3.05, 3.63) is 42.2 Å². The van der Waals surface area contributed by atoms with E-state index in [0.717, 1.165) is 50.6 Å². The van der Waals surface area contributed by atoms with E-state index >= 15 is 0 Å². The van der Waals surface area contributed by atoms with E-state index in [1.165, 1.54) is 0 Å². The number of likely N-dealkylation sites (N-methyl/N-ethyl adjacent to an activating group) is 1. The molecule has 1 aromatic heterocycles. The molecule has 2 saturated heterocycles. The molecule has 0 aliphatic carbocycles. The highest BCUT2D eigenvalue weighted by Gasteiger charge is 2.20. The molecule has 0 unspecified atom stereocenters. The zero-order chi connectivity index (χ0) is 19.3. The number of nitrogens with zero attached hydrogens (tertiary/aromatic N) is 5. The van der Waals surface area contributed by atoms with Gasteiger partial charge < -0.3 is 24.8 Å². The lowest BCUT2D eigenvalue weighted by Gasteiger charge is -2.32. The maximum atomic E-state index is 12.9. The number of carbonyl (C=O) groups excluding carboxylic acids is 1. The van der Waals surface area contributed by atoms with Gasteiger partial charge in [-0.1, -0.05) is 12.1 Å². The van der Waals surface area contributed by atoms with E-state index in [9.17, 15) is 4.79 Å². The van der Waals surface area contributed by atoms with Crippen molar-refractivity contribution in [1.29, 1.82) is 0 Å². The average molecular weight is 382 g/mol. The Balaban J connectivity index is 1.49. The number of anilines is 3. The topological polar surface area (TPSA) is 73.8 Å². The normalized spacial score (nSPS) is 18.2. The molecule has 2 aliphatic rings. The van der Waals surface area contributed by atoms with Gasteiger partial charge in [-0.3, -0.25) is 4.79 Å². The van der Waals surface area contributed by atoms with Crippen molar-refractivity contribution in [3.8, 4) is 0 Å². The van der Waals surface area contributed by atoms with E-state index in [2.05, 4.69) is 37.0 Å². The minimum atomic E-state index is -0.224. The summed E-state index contributed by atoms with van der Waals surface area (Å²) in [7, 11) is 2.11. The van der Waals surface area contributed by atoms with E-state index in [1.54, 1.807) is 12.3 Å². The summed E-state index contributed by atoms with van der Waals surface area (Å²) in [6.07, 6.45) is 1.66. The summed E-state index contributed by atoms with van der Waals surface area (Å²) in [4.78, 5) is 28.4. The molecule has 1 aromatic carbocycles. The van der Waals surface area contributed by atoms with Crippen molar-refractivity contribution in [1.82, 2.24) is 14.9 Å². The van der Waals surface area contributed by atoms with Crippen LogP contribution in [0.3, 0.4) is 0 Å². The third-order valence-corrected chi connectivity index (χ3v) is 5.17. The number of morpholine rings is 1. The highest BCUT2D eigenvalue weighted by Crippen LogP contribution is 2.26. The fourth-order valence-corrected chi connectivity index (χ4v) is 3.48. The van der Waals surface area contributed by atoms with Gasteiger partial charge in [0.1, 0.15) is 5.69 Å². The Morgan fingerprint density at radius 1 is 1.00 bits per heavy atom. The number of benzene rings is 1. The molecule has 4 rings (SSSR count). The van der Waals surface area contributed by atoms with Gasteiger partial charge in [0.25, 0.3) is 5.91 Å². The lowest BCUT2D eigenvalue weighted by Crippen LogP contribution is -2.45. The molecular formula is C20H26N6O2. The molecule has 2 aliphatic heterocycles. The van der Waals surface area contributed by atoms with Crippen LogP contribution in [0.2, 0.25) is 0 Å². The molecule has 2 fully saturated rings. The van der Waals surface area contributed by atoms with Gasteiger partial charge >= 0.3 is 0 Å². The van der Waals surface area contributed by atoms with E-state index in [0.29, 0.717) is 24.9 Å². The van der Waals surface area contributed by atoms with E-state index < -0.39 is 0 Å². The van der Waals surface area contributed by atoms with Crippen LogP contribution < -0.4 is 15.1 Å². The predicted molar refractivity (Wildman–Crippen MR) is 109 cm³/mol. The lowest BCUT2D eigenvalue weighted by atomic mass is 10.2. The Bertz CT molecular complexity index is 816. The molecular weight excluding hydrogens is 356 g/mol. The Labute approximate surface area is 165 Å². The number of ether oxygens (including phenoxy) is 1. The fraction of sp³-hybridized carbons (Fsp3) is 0.450. The zero-order valence-corrected chi connectivity index (χ0v) is 16.2. The molecule has 0 spiro atoms. The van der Waals surface area contributed by atoms with Crippen molar-refractivity contribution in [2.24, 2.45) is 0 Å². The summed E-state index contributed by atoms with van der Waals surface area (Å²) in [5.74, 6) is 0.390. The quantitative estimate of drug-likeness (QED) is 0.855. The molecule has 1 N–H and O–H groups in total. The van der Waals surface area contributed by atoms with Crippen LogP contribution >= 0.6 is 0 Å². The minimum absolute atomic E-state index is 0.224. The molecule has 8 heteroatoms. The second-order valence-corrected chi connectivity index (χ2v) is 7.10. The maximum Gasteiger partial charge on any atom is 0.274 e. The minimum Gasteiger partial charge on any atom is -0.378 e. The van der Waals surface area contributed by atoms with Crippen LogP contribution in [0.4, 0.5) is 17.3 Å². The first-order valence-corrected chi connectivity index (χ1v) is 9.70. The number of nitrogens with one attached hydrogen (secondary N) is 1. The van der Waals surface area contributed by atoms with Gasteiger partial charge in [-0.05, 0) is 25.2 Å². The van der Waals surface area contributed by atoms with Gasteiger partial charge in [0.05, 0.1) is 24.6 Å². The van der Waals surface area contributed by atoms with Crippen molar-refractivity contribution >= 4 is 23.2 Å². The van der Waals surface area contributed by atoms with Crippen LogP contribution in [0.15, 0.2) is 36.5 Å². The van der Waals surface area contributed by atoms with E-state index in [1.807, 2.05) is 24.3 Å². The maximum absolute atomic E-state index is 12.9. The summed E-state index contributed by atoms with van der Waals surface area (Å²) in [5.41, 5.74) is 2.17. The molecule has 28 heavy (non-hydrogen) atoms. The van der Waals surface area contributed by atoms with Crippen LogP contribution in [0.5, 0.6) is 0 Å². The predicted octanol–water partition coefficient (Wildman–Crippen LogP) is 1.32. The van der Waals surface area contributed by atoms with Crippen LogP contribution in [-0.4, -0.2) is 80.3 Å². The second-order valence-electron chi connectivity index (χ2n) is 7.10. The van der Waals surface area contributed by atoms with Crippen LogP contribution in [0.1, 0.15) is 10.5 Å². The van der Waals surface area contributed by atoms with Crippen LogP contribution in [0.25, 0.3) is 0 Å². The summed E-state index contributed by atoms with van der Waals surface area (Å²) in [6.45, 7) is 6.68. The summed E-state index contributed by atoms with van der Waals surface area (Å²) < 4.78 is 5.44. The first-order chi connectivity index (χ1) is 13.7. The summed E-state index contributed by atoms with van der Waals surface area (Å²) in [5, 5.41) is 3.02. The van der Waals surface area contributed by atoms with Crippen molar-refractivity contribution in [2.75, 3.05) is 74.6 Å². The van der Waals surface area contributed by atoms with Gasteiger partial charge in [-0.25, -0.2) is 9.97 Å². The van der Waals surface area contributed by atoms with Crippen LogP contribution in [0, 0.1) is 0 Å². The molecule has 8 nitrogen and oxygen atoms in total. The fourth-order valence-electron chi connectivity index (χ4n) is 3.48. The number of aromatic nitrogens is 2. The molecule has 148 valence electrons. The monoisotopic (exact) mass is 382 g/mol. The highest BCUT2D eigenvalue weighted by molar-refractivity contribution is 6.04. The Hall–Kier alpha value is -2.71. The van der Waals surface area contributed by atoms with Gasteiger partial charge in [0.2, 0.25) is 5.95 Å². The molecule has 3 heterocycles. The van der Waals surface area contributed by atoms with Gasteiger partial charge in [-0.2, -0.15) is 0 Å². The van der Waals surface area contributed by atoms with Crippen molar-refractivity contribution in [3.63, 3.8) is 0 Å². The molecule has 1 amide bonds. The average Bonchev–Trinajstić information content (AvgIpc) is 2.75. The summed E-state index contributed by atoms with van der Waals surface area (Å²) >= 11 is 0. The Morgan fingerprint density at radius 3 is 2.54 bits per heavy atom. The second kappa shape index (κ2) is 8.53. The zero-order valence-electron chi connectivity index (χ0n) is 16.2. The molecule has 0 bridgehead atoms. The third kappa shape index (κ3) is 4.23. The number of rotatable bonds is 4. The lowest BCUT2D eigenvalue weighted by molar-refractivity contribution is 0.102. The van der Waals surface area contributed by atoms with Crippen molar-refractivity contribution in [2.45, 2.75) is 0 Å². The van der Waals surface area contributed by atoms with Gasteiger partial charge in [0, 0.05) is 45.5 Å². The molecule has 2 aromatic rings. The highest BCUT2D eigenvalue weighted by atomic mass is 16.5. The standard InChI is InChI=1S/C20H26N6O2/c1-24-8-10-26(11-9-24)20-21-7-6-17(23-20)19(27)22-16-4-2-3-5-18(16)25-12-14-28-15-13-25/h2-7H,8-15H2,1H3,(H,22,27). The van der Waals surface area contributed by atoms with E-state index in [-0.39, 0.29) is 5.91 Å². The number of piperazine rings is 1. The van der Waals surface area contributed by atoms with E-state index in [4.69, 9.17) is 4.74 Å². The Kier molecular flexibility index (Phi) is 5.68. The number of hydrogen-bond acceptors (Lipinski definition) is 7. The molecule has 0 radical (unpaired) electrons. The SMILES string of the molecule is CN1CCN(c2nccc(C(=O)Nc3ccccc3N3CCOCC3)n2)CC1. The Morgan fingerprint density at radius 2 is 1.75 bits per heavy atom. The smallest absolute Gasteiger partial charge is 0.274 e. The number of para-hydroxylation sites is 2. The van der Waals surface area contributed by atoms with Crippen LogP contribution in [-0.2, 0) is 4.74 Å². The first-order valence-electron chi connectivity index (χ1n) is 9.70. The largest absolute Gasteiger partial charge is 0.378 e. The third-order valence-electron chi connectivity index (χ3n) is 5.17. The number of amides is 1. The number of carbonyl (C=O) groups is 1. The molecule has 0 atom stereocenters. The summed E-state index contributed by atoms with van der Waals surface area (Å²) in [6, 6.07) is 9.51. The van der Waals surface area contributed by atoms with Gasteiger partial charge in [0.15, 0.2) is 0 Å². The van der Waals surface area contributed by atoms with Gasteiger partial charge in [-0.15, -0.1) is 0 Å². The molecule has 0 saturated carbocycles. The number of hydrogen-bond donors (Lipinski definition) is 1.